The maximum atomic E-state index is 11.9. The summed E-state index contributed by atoms with van der Waals surface area (Å²) in [6, 6.07) is 5.55. The van der Waals surface area contributed by atoms with E-state index in [0.29, 0.717) is 23.0 Å². The fourth-order valence-corrected chi connectivity index (χ4v) is 2.96. The monoisotopic (exact) mass is 332 g/mol. The van der Waals surface area contributed by atoms with Gasteiger partial charge in [0.1, 0.15) is 23.7 Å². The van der Waals surface area contributed by atoms with Crippen molar-refractivity contribution in [1.29, 1.82) is 0 Å². The van der Waals surface area contributed by atoms with Crippen LogP contribution >= 0.6 is 12.6 Å². The molecule has 0 aliphatic heterocycles. The molecule has 1 heterocycles. The predicted octanol–water partition coefficient (Wildman–Crippen LogP) is 2.76. The summed E-state index contributed by atoms with van der Waals surface area (Å²) in [7, 11) is 0. The lowest BCUT2D eigenvalue weighted by molar-refractivity contribution is -0.120. The van der Waals surface area contributed by atoms with Crippen LogP contribution in [0.4, 0.5) is 0 Å². The van der Waals surface area contributed by atoms with Crippen molar-refractivity contribution in [3.63, 3.8) is 0 Å². The molecular weight excluding hydrogens is 312 g/mol. The molecule has 5 nitrogen and oxygen atoms in total. The molecule has 6 heteroatoms. The van der Waals surface area contributed by atoms with Crippen molar-refractivity contribution in [3.8, 4) is 5.75 Å². The normalized spacial score (nSPS) is 17.0. The number of hydrogen-bond donors (Lipinski definition) is 3. The molecule has 0 spiro atoms. The van der Waals surface area contributed by atoms with Crippen LogP contribution in [-0.4, -0.2) is 12.5 Å². The second kappa shape index (κ2) is 5.53. The minimum absolute atomic E-state index is 0.296. The van der Waals surface area contributed by atoms with Gasteiger partial charge in [0.25, 0.3) is 0 Å². The Hall–Kier alpha value is -2.08. The number of benzene rings is 1. The maximum absolute atomic E-state index is 11.9. The number of nitrogens with two attached hydrogens (primary N) is 2. The Morgan fingerprint density at radius 3 is 2.65 bits per heavy atom. The number of fused-ring (bicyclic) bond motifs is 1. The molecule has 3 rings (SSSR count). The van der Waals surface area contributed by atoms with Crippen molar-refractivity contribution in [1.82, 2.24) is 0 Å². The minimum atomic E-state index is -0.587. The minimum Gasteiger partial charge on any atom is -0.488 e. The third-order valence-electron chi connectivity index (χ3n) is 4.37. The van der Waals surface area contributed by atoms with E-state index in [0.717, 1.165) is 35.1 Å². The molecule has 0 unspecified atom stereocenters. The molecule has 1 aliphatic rings. The first-order chi connectivity index (χ1) is 10.8. The first kappa shape index (κ1) is 15.8. The van der Waals surface area contributed by atoms with E-state index in [4.69, 9.17) is 20.6 Å². The molecule has 0 radical (unpaired) electrons. The highest BCUT2D eigenvalue weighted by molar-refractivity contribution is 7.84. The summed E-state index contributed by atoms with van der Waals surface area (Å²) >= 11 is 4.29. The van der Waals surface area contributed by atoms with Gasteiger partial charge in [-0.2, -0.15) is 0 Å². The molecule has 2 aromatic rings. The van der Waals surface area contributed by atoms with Gasteiger partial charge in [0.15, 0.2) is 0 Å². The van der Waals surface area contributed by atoms with Crippen LogP contribution < -0.4 is 16.2 Å². The van der Waals surface area contributed by atoms with E-state index in [-0.39, 0.29) is 5.91 Å². The summed E-state index contributed by atoms with van der Waals surface area (Å²) in [5.41, 5.74) is 12.9. The van der Waals surface area contributed by atoms with Gasteiger partial charge in [-0.1, -0.05) is 0 Å². The highest BCUT2D eigenvalue weighted by Crippen LogP contribution is 2.52. The van der Waals surface area contributed by atoms with Gasteiger partial charge in [-0.3, -0.25) is 4.79 Å². The Bertz CT molecular complexity index is 815. The van der Waals surface area contributed by atoms with Gasteiger partial charge in [-0.15, -0.1) is 12.6 Å². The largest absolute Gasteiger partial charge is 0.488 e. The molecule has 1 aromatic carbocycles. The van der Waals surface area contributed by atoms with Crippen LogP contribution in [0, 0.1) is 6.92 Å². The van der Waals surface area contributed by atoms with E-state index < -0.39 is 5.41 Å². The lowest BCUT2D eigenvalue weighted by Crippen LogP contribution is -2.28. The van der Waals surface area contributed by atoms with Gasteiger partial charge >= 0.3 is 0 Å². The number of thiol groups is 1. The number of amides is 1. The van der Waals surface area contributed by atoms with Crippen LogP contribution in [0.3, 0.4) is 0 Å². The van der Waals surface area contributed by atoms with Crippen molar-refractivity contribution in [2.24, 2.45) is 11.5 Å². The van der Waals surface area contributed by atoms with Gasteiger partial charge in [0.2, 0.25) is 5.91 Å². The molecule has 1 amide bonds. The number of aryl methyl sites for hydroxylation is 1. The van der Waals surface area contributed by atoms with Gasteiger partial charge in [-0.25, -0.2) is 0 Å². The topological polar surface area (TPSA) is 91.5 Å². The quantitative estimate of drug-likeness (QED) is 0.734. The second-order valence-electron chi connectivity index (χ2n) is 6.06. The molecule has 1 fully saturated rings. The van der Waals surface area contributed by atoms with Crippen molar-refractivity contribution in [3.05, 3.63) is 40.1 Å². The smallest absolute Gasteiger partial charge is 0.228 e. The number of ether oxygens (including phenoxy) is 1. The average Bonchev–Trinajstić information content (AvgIpc) is 3.22. The summed E-state index contributed by atoms with van der Waals surface area (Å²) in [5, 5.41) is 0.880. The lowest BCUT2D eigenvalue weighted by Gasteiger charge is -2.11. The van der Waals surface area contributed by atoms with Gasteiger partial charge < -0.3 is 20.6 Å². The number of rotatable bonds is 5. The number of allylic oxidation sites excluding steroid dienone is 1. The van der Waals surface area contributed by atoms with Crippen LogP contribution in [0.2, 0.25) is 0 Å². The molecule has 1 saturated carbocycles. The lowest BCUT2D eigenvalue weighted by atomic mass is 9.92. The highest BCUT2D eigenvalue weighted by atomic mass is 32.1. The van der Waals surface area contributed by atoms with Gasteiger partial charge in [-0.05, 0) is 44.9 Å². The van der Waals surface area contributed by atoms with Crippen molar-refractivity contribution >= 4 is 29.5 Å². The molecule has 0 bridgehead atoms. The Morgan fingerprint density at radius 2 is 2.09 bits per heavy atom. The van der Waals surface area contributed by atoms with Crippen molar-refractivity contribution in [2.75, 3.05) is 6.61 Å². The number of carbonyl (C=O) groups is 1. The number of primary amides is 1. The van der Waals surface area contributed by atoms with E-state index in [1.54, 1.807) is 6.92 Å². The van der Waals surface area contributed by atoms with E-state index in [2.05, 4.69) is 12.6 Å². The first-order valence-electron chi connectivity index (χ1n) is 7.45. The van der Waals surface area contributed by atoms with Crippen molar-refractivity contribution < 1.29 is 13.9 Å². The van der Waals surface area contributed by atoms with Crippen LogP contribution in [-0.2, 0) is 10.2 Å². The zero-order valence-corrected chi connectivity index (χ0v) is 14.1. The van der Waals surface area contributed by atoms with E-state index in [9.17, 15) is 4.79 Å². The Labute approximate surface area is 140 Å². The number of hydrogen-bond acceptors (Lipinski definition) is 5. The summed E-state index contributed by atoms with van der Waals surface area (Å²) in [6.07, 6.45) is 1.53. The molecule has 0 saturated heterocycles. The van der Waals surface area contributed by atoms with E-state index in [1.165, 1.54) is 0 Å². The average molecular weight is 332 g/mol. The third-order valence-corrected chi connectivity index (χ3v) is 4.85. The molecule has 1 aliphatic carbocycles. The second-order valence-corrected chi connectivity index (χ2v) is 6.60. The summed E-state index contributed by atoms with van der Waals surface area (Å²) in [6.45, 7) is 3.94. The Morgan fingerprint density at radius 1 is 1.39 bits per heavy atom. The summed E-state index contributed by atoms with van der Waals surface area (Å²) < 4.78 is 11.5. The standard InChI is InChI=1S/C17H20N2O3S/c1-9(18)14(23)8-21-11-3-4-13-12(7-11)15(10(2)22-13)17(5-6-17)16(19)20/h3-4,7,23H,5-6,8,18H2,1-2H3,(H2,19,20)/b14-9-. The zero-order valence-electron chi connectivity index (χ0n) is 13.2. The molecule has 4 N–H and O–H groups in total. The highest BCUT2D eigenvalue weighted by Gasteiger charge is 2.52. The summed E-state index contributed by atoms with van der Waals surface area (Å²) in [4.78, 5) is 12.6. The Kier molecular flexibility index (Phi) is 3.80. The zero-order chi connectivity index (χ0) is 16.8. The summed E-state index contributed by atoms with van der Waals surface area (Å²) in [5.74, 6) is 1.11. The van der Waals surface area contributed by atoms with Crippen LogP contribution in [0.25, 0.3) is 11.0 Å². The molecule has 1 aromatic heterocycles. The third kappa shape index (κ3) is 2.67. The molecular formula is C17H20N2O3S. The predicted molar refractivity (Wildman–Crippen MR) is 92.4 cm³/mol. The molecule has 122 valence electrons. The SMILES string of the molecule is C/C(N)=C(/S)COc1ccc2oc(C)c(C3(C(N)=O)CC3)c2c1. The fraction of sp³-hybridized carbons (Fsp3) is 0.353. The van der Waals surface area contributed by atoms with Crippen LogP contribution in [0.1, 0.15) is 31.1 Å². The first-order valence-corrected chi connectivity index (χ1v) is 7.90. The number of furan rings is 1. The van der Waals surface area contributed by atoms with E-state index >= 15 is 0 Å². The Balaban J connectivity index is 1.99. The van der Waals surface area contributed by atoms with Crippen LogP contribution in [0.5, 0.6) is 5.75 Å². The van der Waals surface area contributed by atoms with Gasteiger partial charge in [0, 0.05) is 21.6 Å². The van der Waals surface area contributed by atoms with Crippen molar-refractivity contribution in [2.45, 2.75) is 32.1 Å². The maximum Gasteiger partial charge on any atom is 0.228 e. The fourth-order valence-electron chi connectivity index (χ4n) is 2.89. The molecule has 0 atom stereocenters. The van der Waals surface area contributed by atoms with Gasteiger partial charge in [0.05, 0.1) is 5.41 Å². The van der Waals surface area contributed by atoms with Crippen LogP contribution in [0.15, 0.2) is 33.2 Å². The number of carbonyl (C=O) groups excluding carboxylic acids is 1. The molecule has 23 heavy (non-hydrogen) atoms. The van der Waals surface area contributed by atoms with E-state index in [1.807, 2.05) is 25.1 Å².